The molecular formula is C104H192N4O29Si6. The first-order valence-electron chi connectivity index (χ1n) is 52.8. The molecule has 0 aromatic heterocycles. The predicted molar refractivity (Wildman–Crippen MR) is 566 cm³/mol. The maximum atomic E-state index is 14.5. The Morgan fingerprint density at radius 3 is 0.979 bits per heavy atom. The van der Waals surface area contributed by atoms with E-state index in [2.05, 4.69) is 209 Å². The number of nitrogens with one attached hydrogen (secondary N) is 4. The number of unbranched alkanes of at least 4 members (excludes halogenated alkanes) is 7. The zero-order valence-electron chi connectivity index (χ0n) is 93.1. The van der Waals surface area contributed by atoms with Crippen LogP contribution < -0.4 is 21.3 Å². The van der Waals surface area contributed by atoms with Crippen molar-refractivity contribution in [1.29, 1.82) is 0 Å². The lowest BCUT2D eigenvalue weighted by Crippen LogP contribution is -2.52. The van der Waals surface area contributed by atoms with Gasteiger partial charge in [-0.3, -0.25) is 19.2 Å². The fourth-order valence-corrected chi connectivity index (χ4v) is 47.9. The summed E-state index contributed by atoms with van der Waals surface area (Å²) in [5.41, 5.74) is -3.05. The molecule has 8 unspecified atom stereocenters. The number of hydrogen-bond acceptors (Lipinski definition) is 29. The van der Waals surface area contributed by atoms with Crippen LogP contribution in [0.15, 0.2) is 25.3 Å². The van der Waals surface area contributed by atoms with Crippen molar-refractivity contribution in [3.63, 3.8) is 0 Å². The molecule has 39 heteroatoms. The third kappa shape index (κ3) is 59.0. The number of rotatable bonds is 67. The van der Waals surface area contributed by atoms with E-state index < -0.39 is 121 Å². The molecule has 4 aliphatic rings. The van der Waals surface area contributed by atoms with Crippen molar-refractivity contribution in [3.05, 3.63) is 25.3 Å². The van der Waals surface area contributed by atoms with E-state index in [4.69, 9.17) is 82.8 Å². The first kappa shape index (κ1) is 129. The number of ether oxygens (including phenoxy) is 14. The fourth-order valence-electron chi connectivity index (χ4n) is 22.8. The van der Waals surface area contributed by atoms with Crippen LogP contribution in [-0.4, -0.2) is 247 Å². The molecule has 0 aliphatic heterocycles. The molecule has 0 radical (unpaired) electrons. The Bertz CT molecular complexity index is 3880. The molecule has 4 fully saturated rings. The summed E-state index contributed by atoms with van der Waals surface area (Å²) in [5, 5.41) is 12.3. The average Bonchev–Trinajstić information content (AvgIpc) is 0.808. The second-order valence-corrected chi connectivity index (χ2v) is 75.9. The molecule has 4 amide bonds. The molecule has 8 atom stereocenters. The number of amides is 4. The highest BCUT2D eigenvalue weighted by atomic mass is 28.5. The van der Waals surface area contributed by atoms with Gasteiger partial charge in [-0.15, -0.1) is 0 Å². The van der Waals surface area contributed by atoms with E-state index in [1.165, 1.54) is 0 Å². The van der Waals surface area contributed by atoms with Crippen molar-refractivity contribution in [3.8, 4) is 0 Å². The lowest BCUT2D eigenvalue weighted by atomic mass is 9.60. The molecule has 4 saturated carbocycles. The fraction of sp³-hybridized carbons (Fsp3) is 0.856. The van der Waals surface area contributed by atoms with Crippen LogP contribution in [0.1, 0.15) is 282 Å². The Hall–Kier alpha value is -6.29. The highest BCUT2D eigenvalue weighted by Crippen LogP contribution is 2.53. The average molecular weight is 2130 g/mol. The van der Waals surface area contributed by atoms with Gasteiger partial charge in [0.05, 0.1) is 58.3 Å². The summed E-state index contributed by atoms with van der Waals surface area (Å²) in [7, 11) is -13.4. The molecule has 4 aliphatic carbocycles. The molecule has 33 nitrogen and oxygen atoms in total. The molecule has 826 valence electrons. The predicted octanol–water partition coefficient (Wildman–Crippen LogP) is 22.2. The Balaban J connectivity index is 1.22. The van der Waals surface area contributed by atoms with Gasteiger partial charge in [0.15, 0.2) is 33.3 Å². The zero-order chi connectivity index (χ0) is 107. The van der Waals surface area contributed by atoms with E-state index in [1.54, 1.807) is 0 Å². The molecule has 0 aromatic rings. The van der Waals surface area contributed by atoms with Gasteiger partial charge in [0.1, 0.15) is 39.6 Å². The topological polar surface area (TPSA) is 402 Å². The summed E-state index contributed by atoms with van der Waals surface area (Å²) < 4.78 is 107. The van der Waals surface area contributed by atoms with Crippen LogP contribution in [0.5, 0.6) is 0 Å². The van der Waals surface area contributed by atoms with Crippen molar-refractivity contribution in [1.82, 2.24) is 21.3 Å². The van der Waals surface area contributed by atoms with Gasteiger partial charge in [-0.05, 0) is 275 Å². The monoisotopic (exact) mass is 2130 g/mol. The third-order valence-corrected chi connectivity index (χ3v) is 45.3. The van der Waals surface area contributed by atoms with Crippen molar-refractivity contribution < 1.29 is 136 Å². The standard InChI is InChI=1S/C104H192N4O29Si6/c1-29-85(109)125-57-58-127-90(114)63-81-64-96(3,4)75-103(14,65-81)76-105-91(115)132-79-104(77-120-49-41-61-142(27,134-138(15,16)17)135-139(18,19)20,78-121-50-42-62-143(28,136-140(21,22)23)137-141(24,25)26)80-133-94(118)108-84-68-99(9,10)74-102(13,71-84)48-45-89(113)124-54-40-56-131-95(119)130-55-39-53-123-88(112)44-47-101(12)69-82(66-97(5,6)72-101)106-92(116)128-52-38-36-34-32-31-33-35-37-51-122-87(111)43-46-100(11)70-83(67-98(7,8)73-100)107-93(117)129-60-59-126-86(110)30-2/h29-30,81-84H,1-2,31-80H2,3-28H3,(H,105,115)(H,106,116)(H,107,117)(H,108,118). The first-order chi connectivity index (χ1) is 66.2. The number of carbonyl (C=O) groups is 11. The highest BCUT2D eigenvalue weighted by Gasteiger charge is 2.49. The largest absolute Gasteiger partial charge is 0.508 e. The number of carbonyl (C=O) groups excluding carboxylic acids is 11. The summed E-state index contributed by atoms with van der Waals surface area (Å²) in [6.45, 7) is 63.6. The summed E-state index contributed by atoms with van der Waals surface area (Å²) in [4.78, 5) is 142. The Morgan fingerprint density at radius 1 is 0.308 bits per heavy atom. The highest BCUT2D eigenvalue weighted by molar-refractivity contribution is 6.88. The van der Waals surface area contributed by atoms with E-state index in [9.17, 15) is 52.7 Å². The zero-order valence-corrected chi connectivity index (χ0v) is 99.1. The van der Waals surface area contributed by atoms with Crippen molar-refractivity contribution in [2.24, 2.45) is 54.7 Å². The quantitative estimate of drug-likeness (QED) is 0.0144. The lowest BCUT2D eigenvalue weighted by Gasteiger charge is -2.47. The Morgan fingerprint density at radius 2 is 0.608 bits per heavy atom. The summed E-state index contributed by atoms with van der Waals surface area (Å²) in [5.74, 6) is -2.61. The first-order valence-corrected chi connectivity index (χ1v) is 71.5. The maximum absolute atomic E-state index is 14.5. The van der Waals surface area contributed by atoms with E-state index in [1.807, 2.05) is 0 Å². The van der Waals surface area contributed by atoms with Gasteiger partial charge in [-0.25, -0.2) is 33.6 Å². The van der Waals surface area contributed by atoms with Gasteiger partial charge >= 0.3 is 83.5 Å². The number of hydrogen-bond donors (Lipinski definition) is 4. The molecule has 0 spiro atoms. The van der Waals surface area contributed by atoms with Crippen LogP contribution in [0.25, 0.3) is 0 Å². The maximum Gasteiger partial charge on any atom is 0.508 e. The molecular weight excluding hydrogens is 1940 g/mol. The molecule has 0 saturated heterocycles. The van der Waals surface area contributed by atoms with Gasteiger partial charge in [-0.2, -0.15) is 0 Å². The molecule has 0 bridgehead atoms. The van der Waals surface area contributed by atoms with E-state index in [0.717, 1.165) is 108 Å². The molecule has 4 N–H and O–H groups in total. The van der Waals surface area contributed by atoms with Crippen LogP contribution >= 0.6 is 0 Å². The van der Waals surface area contributed by atoms with Crippen molar-refractivity contribution >= 4 is 117 Å². The summed E-state index contributed by atoms with van der Waals surface area (Å²) in [6, 6.07) is 0.783. The van der Waals surface area contributed by atoms with Gasteiger partial charge in [-0.1, -0.05) is 135 Å². The van der Waals surface area contributed by atoms with E-state index in [-0.39, 0.29) is 186 Å². The van der Waals surface area contributed by atoms with Crippen molar-refractivity contribution in [2.75, 3.05) is 112 Å². The van der Waals surface area contributed by atoms with Crippen LogP contribution in [-0.2, 0) is 112 Å². The number of esters is 6. The van der Waals surface area contributed by atoms with Gasteiger partial charge in [0.25, 0.3) is 0 Å². The van der Waals surface area contributed by atoms with E-state index in [0.29, 0.717) is 109 Å². The van der Waals surface area contributed by atoms with Gasteiger partial charge in [0.2, 0.25) is 0 Å². The van der Waals surface area contributed by atoms with E-state index >= 15 is 0 Å². The summed E-state index contributed by atoms with van der Waals surface area (Å²) >= 11 is 0. The molecule has 0 heterocycles. The van der Waals surface area contributed by atoms with Crippen molar-refractivity contribution in [2.45, 2.75) is 404 Å². The lowest BCUT2D eigenvalue weighted by molar-refractivity contribution is -0.151. The second-order valence-electron chi connectivity index (χ2n) is 50.2. The molecule has 143 heavy (non-hydrogen) atoms. The minimum atomic E-state index is -2.66. The molecule has 0 aromatic carbocycles. The second kappa shape index (κ2) is 59.9. The molecule has 4 rings (SSSR count). The normalized spacial score (nSPS) is 22.3. The van der Waals surface area contributed by atoms with Gasteiger partial charge < -0.3 is 104 Å². The smallest absolute Gasteiger partial charge is 0.466 e. The van der Waals surface area contributed by atoms with Crippen LogP contribution in [0.4, 0.5) is 24.0 Å². The van der Waals surface area contributed by atoms with Crippen LogP contribution in [0, 0.1) is 54.7 Å². The SMILES string of the molecule is C=CC(=O)OCCOC(=O)CC1CC(C)(C)CC(C)(CNC(=O)OCC(COCCC[Si](C)(O[Si](C)(C)C)O[Si](C)(C)C)(COCCC[Si](C)(O[Si](C)(C)C)O[Si](C)(C)C)COC(=O)NC2CC(C)(C)CC(C)(CCC(=O)OCCCOC(=O)OCCCOC(=O)CCC3(C)CC(NC(=O)OCCCCCCCCCCOC(=O)CCC4(C)CC(NC(=O)OCCOC(=O)C=C)CC(C)(C)C4)CC(C)(C)C3)C2)C1. The minimum absolute atomic E-state index is 0.00810. The van der Waals surface area contributed by atoms with Crippen LogP contribution in [0.3, 0.4) is 0 Å². The summed E-state index contributed by atoms with van der Waals surface area (Å²) in [6.07, 6.45) is 19.5. The van der Waals surface area contributed by atoms with Crippen LogP contribution in [0.2, 0.25) is 104 Å². The number of alkyl carbamates (subject to hydrolysis) is 4. The van der Waals surface area contributed by atoms with Gasteiger partial charge in [0, 0.05) is 88.6 Å². The third-order valence-electron chi connectivity index (χ3n) is 26.1. The Kier molecular flexibility index (Phi) is 54.1. The Labute approximate surface area is 864 Å². The minimum Gasteiger partial charge on any atom is -0.466 e.